The van der Waals surface area contributed by atoms with Crippen LogP contribution in [0.15, 0.2) is 18.2 Å². The zero-order valence-electron chi connectivity index (χ0n) is 17.5. The summed E-state index contributed by atoms with van der Waals surface area (Å²) in [5.74, 6) is 1.74. The molecule has 2 aromatic rings. The summed E-state index contributed by atoms with van der Waals surface area (Å²) in [4.78, 5) is 16.0. The van der Waals surface area contributed by atoms with Crippen molar-refractivity contribution in [3.05, 3.63) is 23.8 Å². The average molecular weight is 385 g/mol. The van der Waals surface area contributed by atoms with Gasteiger partial charge in [0.25, 0.3) is 0 Å². The van der Waals surface area contributed by atoms with Crippen molar-refractivity contribution in [3.63, 3.8) is 0 Å². The van der Waals surface area contributed by atoms with Gasteiger partial charge in [-0.25, -0.2) is 0 Å². The lowest BCUT2D eigenvalue weighted by Gasteiger charge is -2.27. The Morgan fingerprint density at radius 3 is 2.64 bits per heavy atom. The highest BCUT2D eigenvalue weighted by Crippen LogP contribution is 2.24. The molecule has 152 valence electrons. The van der Waals surface area contributed by atoms with Crippen molar-refractivity contribution in [1.82, 2.24) is 20.3 Å². The Kier molecular flexibility index (Phi) is 5.88. The highest BCUT2D eigenvalue weighted by Gasteiger charge is 2.20. The molecule has 1 atom stereocenters. The number of nitrogens with zero attached hydrogens (tertiary/aromatic N) is 4. The third-order valence-electron chi connectivity index (χ3n) is 4.58. The summed E-state index contributed by atoms with van der Waals surface area (Å²) in [6, 6.07) is 6.09. The fourth-order valence-corrected chi connectivity index (χ4v) is 3.29. The molecule has 0 spiro atoms. The lowest BCUT2D eigenvalue weighted by atomic mass is 9.96. The summed E-state index contributed by atoms with van der Waals surface area (Å²) in [7, 11) is 2.01. The van der Waals surface area contributed by atoms with Gasteiger partial charge in [-0.1, -0.05) is 26.8 Å². The molecule has 1 aliphatic rings. The molecular formula is C20H32N8. The second-order valence-corrected chi connectivity index (χ2v) is 8.73. The molecule has 28 heavy (non-hydrogen) atoms. The van der Waals surface area contributed by atoms with Crippen molar-refractivity contribution in [1.29, 1.82) is 0 Å². The molecule has 1 aromatic heterocycles. The molecule has 5 N–H and O–H groups in total. The molecule has 0 aliphatic carbocycles. The van der Waals surface area contributed by atoms with Gasteiger partial charge in [0.1, 0.15) is 0 Å². The van der Waals surface area contributed by atoms with Gasteiger partial charge in [0.05, 0.1) is 0 Å². The topological polar surface area (TPSA) is 104 Å². The number of rotatable bonds is 6. The highest BCUT2D eigenvalue weighted by molar-refractivity contribution is 5.64. The number of benzene rings is 1. The molecule has 0 unspecified atom stereocenters. The molecule has 3 rings (SSSR count). The van der Waals surface area contributed by atoms with E-state index in [9.17, 15) is 0 Å². The van der Waals surface area contributed by atoms with Crippen molar-refractivity contribution in [2.45, 2.75) is 40.2 Å². The Hall–Kier alpha value is -2.61. The van der Waals surface area contributed by atoms with E-state index in [1.165, 1.54) is 0 Å². The van der Waals surface area contributed by atoms with Crippen molar-refractivity contribution >= 4 is 29.2 Å². The Morgan fingerprint density at radius 1 is 1.21 bits per heavy atom. The number of aryl methyl sites for hydroxylation is 1. The molecule has 2 heterocycles. The van der Waals surface area contributed by atoms with Crippen molar-refractivity contribution in [3.8, 4) is 0 Å². The molecule has 1 aliphatic heterocycles. The van der Waals surface area contributed by atoms with Crippen LogP contribution < -0.4 is 26.6 Å². The number of nitrogens with one attached hydrogen (secondary N) is 3. The van der Waals surface area contributed by atoms with E-state index in [4.69, 9.17) is 5.73 Å². The third-order valence-corrected chi connectivity index (χ3v) is 4.58. The fourth-order valence-electron chi connectivity index (χ4n) is 3.29. The van der Waals surface area contributed by atoms with Crippen LogP contribution >= 0.6 is 0 Å². The number of anilines is 5. The maximum Gasteiger partial charge on any atom is 0.233 e. The predicted octanol–water partition coefficient (Wildman–Crippen LogP) is 2.76. The van der Waals surface area contributed by atoms with Gasteiger partial charge in [0.15, 0.2) is 0 Å². The largest absolute Gasteiger partial charge is 0.399 e. The first-order chi connectivity index (χ1) is 13.2. The quantitative estimate of drug-likeness (QED) is 0.564. The van der Waals surface area contributed by atoms with Gasteiger partial charge in [-0.3, -0.25) is 0 Å². The normalized spacial score (nSPS) is 16.8. The molecular weight excluding hydrogens is 352 g/mol. The third kappa shape index (κ3) is 5.45. The lowest BCUT2D eigenvalue weighted by molar-refractivity contribution is 0.416. The fraction of sp³-hybridized carbons (Fsp3) is 0.550. The van der Waals surface area contributed by atoms with E-state index in [0.29, 0.717) is 29.6 Å². The molecule has 0 amide bonds. The van der Waals surface area contributed by atoms with Crippen LogP contribution in [0, 0.1) is 12.3 Å². The van der Waals surface area contributed by atoms with E-state index in [0.717, 1.165) is 37.3 Å². The number of aromatic nitrogens is 3. The highest BCUT2D eigenvalue weighted by atomic mass is 15.3. The molecule has 8 nitrogen and oxygen atoms in total. The standard InChI is InChI=1S/C20H32N8/c1-13-6-7-14(21)10-16(13)24-18-25-17(23-15-8-9-22-11-15)26-19(27-18)28(5)12-20(2,3)4/h6-7,10,15,22H,8-9,11-12,21H2,1-5H3,(H2,23,24,25,26,27)/t15-/m1/s1. The van der Waals surface area contributed by atoms with Crippen molar-refractivity contribution < 1.29 is 0 Å². The number of hydrogen-bond acceptors (Lipinski definition) is 8. The lowest BCUT2D eigenvalue weighted by Crippen LogP contribution is -2.31. The van der Waals surface area contributed by atoms with Gasteiger partial charge in [-0.2, -0.15) is 15.0 Å². The second kappa shape index (κ2) is 8.18. The average Bonchev–Trinajstić information content (AvgIpc) is 3.09. The summed E-state index contributed by atoms with van der Waals surface area (Å²) in [5.41, 5.74) is 8.74. The SMILES string of the molecule is Cc1ccc(N)cc1Nc1nc(N[C@@H]2CCNC2)nc(N(C)CC(C)(C)C)n1. The Balaban J connectivity index is 1.90. The van der Waals surface area contributed by atoms with E-state index in [1.54, 1.807) is 0 Å². The van der Waals surface area contributed by atoms with E-state index in [-0.39, 0.29) is 5.41 Å². The van der Waals surface area contributed by atoms with Crippen LogP contribution in [-0.4, -0.2) is 47.7 Å². The van der Waals surface area contributed by atoms with Crippen molar-refractivity contribution in [2.75, 3.05) is 47.9 Å². The van der Waals surface area contributed by atoms with Gasteiger partial charge in [-0.05, 0) is 43.0 Å². The van der Waals surface area contributed by atoms with Crippen LogP contribution in [0.3, 0.4) is 0 Å². The number of hydrogen-bond donors (Lipinski definition) is 4. The molecule has 1 saturated heterocycles. The van der Waals surface area contributed by atoms with Gasteiger partial charge in [0.2, 0.25) is 17.8 Å². The summed E-state index contributed by atoms with van der Waals surface area (Å²) in [6.45, 7) is 11.4. The minimum Gasteiger partial charge on any atom is -0.399 e. The molecule has 0 bridgehead atoms. The van der Waals surface area contributed by atoms with Crippen LogP contribution in [0.25, 0.3) is 0 Å². The van der Waals surface area contributed by atoms with E-state index < -0.39 is 0 Å². The summed E-state index contributed by atoms with van der Waals surface area (Å²) in [5, 5.41) is 10.1. The first-order valence-electron chi connectivity index (χ1n) is 9.77. The van der Waals surface area contributed by atoms with E-state index in [2.05, 4.69) is 56.6 Å². The Morgan fingerprint density at radius 2 is 1.96 bits per heavy atom. The summed E-state index contributed by atoms with van der Waals surface area (Å²) >= 11 is 0. The molecule has 0 radical (unpaired) electrons. The monoisotopic (exact) mass is 384 g/mol. The first-order valence-corrected chi connectivity index (χ1v) is 9.77. The van der Waals surface area contributed by atoms with Crippen molar-refractivity contribution in [2.24, 2.45) is 5.41 Å². The maximum atomic E-state index is 5.95. The summed E-state index contributed by atoms with van der Waals surface area (Å²) in [6.07, 6.45) is 1.05. The zero-order chi connectivity index (χ0) is 20.3. The van der Waals surface area contributed by atoms with Gasteiger partial charge in [-0.15, -0.1) is 0 Å². The van der Waals surface area contributed by atoms with Gasteiger partial charge >= 0.3 is 0 Å². The van der Waals surface area contributed by atoms with Crippen LogP contribution in [0.4, 0.5) is 29.2 Å². The minimum atomic E-state index is 0.127. The smallest absolute Gasteiger partial charge is 0.233 e. The number of nitrogens with two attached hydrogens (primary N) is 1. The molecule has 0 saturated carbocycles. The first kappa shape index (κ1) is 20.1. The van der Waals surface area contributed by atoms with Gasteiger partial charge in [0, 0.05) is 37.6 Å². The minimum absolute atomic E-state index is 0.127. The second-order valence-electron chi connectivity index (χ2n) is 8.73. The Labute approximate surface area is 167 Å². The van der Waals surface area contributed by atoms with Crippen LogP contribution in [0.1, 0.15) is 32.8 Å². The van der Waals surface area contributed by atoms with Gasteiger partial charge < -0.3 is 26.6 Å². The maximum absolute atomic E-state index is 5.95. The van der Waals surface area contributed by atoms with Crippen LogP contribution in [0.2, 0.25) is 0 Å². The van der Waals surface area contributed by atoms with Crippen LogP contribution in [-0.2, 0) is 0 Å². The zero-order valence-corrected chi connectivity index (χ0v) is 17.5. The molecule has 8 heteroatoms. The molecule has 1 aromatic carbocycles. The Bertz CT molecular complexity index is 808. The summed E-state index contributed by atoms with van der Waals surface area (Å²) < 4.78 is 0. The van der Waals surface area contributed by atoms with Crippen LogP contribution in [0.5, 0.6) is 0 Å². The predicted molar refractivity (Wildman–Crippen MR) is 116 cm³/mol. The van der Waals surface area contributed by atoms with E-state index >= 15 is 0 Å². The number of nitrogen functional groups attached to an aromatic ring is 1. The van der Waals surface area contributed by atoms with E-state index in [1.807, 2.05) is 32.2 Å². The molecule has 1 fully saturated rings.